The van der Waals surface area contributed by atoms with E-state index in [1.54, 1.807) is 38.1 Å². The molecule has 2 rings (SSSR count). The summed E-state index contributed by atoms with van der Waals surface area (Å²) in [5.41, 5.74) is 0.345. The van der Waals surface area contributed by atoms with E-state index in [0.717, 1.165) is 27.0 Å². The molecule has 0 saturated carbocycles. The minimum absolute atomic E-state index is 0.156. The maximum absolute atomic E-state index is 14.1. The van der Waals surface area contributed by atoms with Gasteiger partial charge in [0.2, 0.25) is 10.0 Å². The smallest absolute Gasteiger partial charge is 0.338 e. The van der Waals surface area contributed by atoms with Gasteiger partial charge < -0.3 is 10.1 Å². The van der Waals surface area contributed by atoms with Gasteiger partial charge >= 0.3 is 5.97 Å². The standard InChI is InChI=1S/C19H20BrFN2O5S/c1-3-23(4-2)29(26,27)17-11-13(5-10-16(17)21)19(25)28-12-18(24)22-15-8-6-14(20)7-9-15/h5-11H,3-4,12H2,1-2H3,(H,22,24). The van der Waals surface area contributed by atoms with Gasteiger partial charge in [0.15, 0.2) is 6.61 Å². The van der Waals surface area contributed by atoms with Crippen molar-refractivity contribution in [1.29, 1.82) is 0 Å². The maximum Gasteiger partial charge on any atom is 0.338 e. The van der Waals surface area contributed by atoms with E-state index in [0.29, 0.717) is 5.69 Å². The predicted molar refractivity (Wildman–Crippen MR) is 110 cm³/mol. The molecule has 1 amide bonds. The molecule has 0 fully saturated rings. The zero-order valence-corrected chi connectivity index (χ0v) is 18.2. The molecule has 0 unspecified atom stereocenters. The second-order valence-electron chi connectivity index (χ2n) is 5.87. The number of hydrogen-bond acceptors (Lipinski definition) is 5. The number of amides is 1. The van der Waals surface area contributed by atoms with Gasteiger partial charge in [0.1, 0.15) is 10.7 Å². The number of carbonyl (C=O) groups excluding carboxylic acids is 2. The van der Waals surface area contributed by atoms with Crippen LogP contribution in [0.25, 0.3) is 0 Å². The van der Waals surface area contributed by atoms with E-state index in [-0.39, 0.29) is 18.7 Å². The first-order chi connectivity index (χ1) is 13.7. The number of esters is 1. The lowest BCUT2D eigenvalue weighted by molar-refractivity contribution is -0.119. The average Bonchev–Trinajstić information content (AvgIpc) is 2.69. The highest BCUT2D eigenvalue weighted by Crippen LogP contribution is 2.21. The molecule has 0 heterocycles. The molecular weight excluding hydrogens is 467 g/mol. The predicted octanol–water partition coefficient (Wildman–Crippen LogP) is 3.41. The van der Waals surface area contributed by atoms with Crippen LogP contribution in [0.15, 0.2) is 51.8 Å². The van der Waals surface area contributed by atoms with Gasteiger partial charge in [-0.2, -0.15) is 4.31 Å². The van der Waals surface area contributed by atoms with Gasteiger partial charge in [0, 0.05) is 23.2 Å². The molecular formula is C19H20BrFN2O5S. The zero-order valence-electron chi connectivity index (χ0n) is 15.8. The van der Waals surface area contributed by atoms with E-state index >= 15 is 0 Å². The maximum atomic E-state index is 14.1. The van der Waals surface area contributed by atoms with Gasteiger partial charge in [0.05, 0.1) is 5.56 Å². The van der Waals surface area contributed by atoms with Crippen LogP contribution in [0.2, 0.25) is 0 Å². The molecule has 0 spiro atoms. The Morgan fingerprint density at radius 1 is 1.10 bits per heavy atom. The van der Waals surface area contributed by atoms with Crippen molar-refractivity contribution >= 4 is 43.5 Å². The van der Waals surface area contributed by atoms with Gasteiger partial charge in [-0.1, -0.05) is 29.8 Å². The number of hydrogen-bond donors (Lipinski definition) is 1. The van der Waals surface area contributed by atoms with Crippen molar-refractivity contribution in [1.82, 2.24) is 4.31 Å². The van der Waals surface area contributed by atoms with Crippen LogP contribution in [0.4, 0.5) is 10.1 Å². The first kappa shape index (κ1) is 23.0. The summed E-state index contributed by atoms with van der Waals surface area (Å²) < 4.78 is 46.1. The number of benzene rings is 2. The number of carbonyl (C=O) groups is 2. The topological polar surface area (TPSA) is 92.8 Å². The Morgan fingerprint density at radius 3 is 2.31 bits per heavy atom. The van der Waals surface area contributed by atoms with E-state index < -0.39 is 39.2 Å². The third kappa shape index (κ3) is 5.84. The molecule has 2 aromatic carbocycles. The molecule has 0 bridgehead atoms. The Kier molecular flexibility index (Phi) is 7.88. The van der Waals surface area contributed by atoms with Crippen LogP contribution in [-0.4, -0.2) is 44.3 Å². The second kappa shape index (κ2) is 9.95. The Morgan fingerprint density at radius 2 is 1.72 bits per heavy atom. The molecule has 0 aliphatic heterocycles. The van der Waals surface area contributed by atoms with E-state index in [4.69, 9.17) is 4.74 Å². The fraction of sp³-hybridized carbons (Fsp3) is 0.263. The lowest BCUT2D eigenvalue weighted by Crippen LogP contribution is -2.31. The minimum atomic E-state index is -4.10. The quantitative estimate of drug-likeness (QED) is 0.577. The van der Waals surface area contributed by atoms with E-state index in [9.17, 15) is 22.4 Å². The van der Waals surface area contributed by atoms with Gasteiger partial charge in [0.25, 0.3) is 5.91 Å². The molecule has 2 aromatic rings. The summed E-state index contributed by atoms with van der Waals surface area (Å²) in [6.07, 6.45) is 0. The fourth-order valence-corrected chi connectivity index (χ4v) is 4.29. The van der Waals surface area contributed by atoms with Crippen LogP contribution in [0.1, 0.15) is 24.2 Å². The molecule has 0 atom stereocenters. The first-order valence-electron chi connectivity index (χ1n) is 8.71. The van der Waals surface area contributed by atoms with E-state index in [1.165, 1.54) is 0 Å². The van der Waals surface area contributed by atoms with Gasteiger partial charge in [-0.3, -0.25) is 4.79 Å². The lowest BCUT2D eigenvalue weighted by atomic mass is 10.2. The first-order valence-corrected chi connectivity index (χ1v) is 10.9. The van der Waals surface area contributed by atoms with Crippen molar-refractivity contribution in [2.75, 3.05) is 25.0 Å². The van der Waals surface area contributed by atoms with E-state index in [2.05, 4.69) is 21.2 Å². The van der Waals surface area contributed by atoms with Gasteiger partial charge in [-0.25, -0.2) is 17.6 Å². The molecule has 29 heavy (non-hydrogen) atoms. The van der Waals surface area contributed by atoms with Crippen molar-refractivity contribution in [2.45, 2.75) is 18.7 Å². The zero-order chi connectivity index (χ0) is 21.6. The second-order valence-corrected chi connectivity index (χ2v) is 8.69. The molecule has 0 aliphatic rings. The number of anilines is 1. The molecule has 156 valence electrons. The highest BCUT2D eigenvalue weighted by atomic mass is 79.9. The Bertz CT molecular complexity index is 992. The normalized spacial score (nSPS) is 11.3. The van der Waals surface area contributed by atoms with Gasteiger partial charge in [-0.15, -0.1) is 0 Å². The fourth-order valence-electron chi connectivity index (χ4n) is 2.48. The highest BCUT2D eigenvalue weighted by molar-refractivity contribution is 9.10. The van der Waals surface area contributed by atoms with Gasteiger partial charge in [-0.05, 0) is 42.5 Å². The lowest BCUT2D eigenvalue weighted by Gasteiger charge is -2.19. The molecule has 1 N–H and O–H groups in total. The van der Waals surface area contributed by atoms with Crippen LogP contribution in [-0.2, 0) is 19.6 Å². The molecule has 7 nitrogen and oxygen atoms in total. The summed E-state index contributed by atoms with van der Waals surface area (Å²) in [6.45, 7) is 2.99. The Labute approximate surface area is 177 Å². The number of halogens is 2. The van der Waals surface area contributed by atoms with Crippen molar-refractivity contribution in [2.24, 2.45) is 0 Å². The molecule has 0 saturated heterocycles. The van der Waals surface area contributed by atoms with Crippen molar-refractivity contribution in [3.05, 3.63) is 58.3 Å². The number of ether oxygens (including phenoxy) is 1. The van der Waals surface area contributed by atoms with E-state index in [1.807, 2.05) is 0 Å². The largest absolute Gasteiger partial charge is 0.452 e. The summed E-state index contributed by atoms with van der Waals surface area (Å²) in [5, 5.41) is 2.55. The number of sulfonamides is 1. The summed E-state index contributed by atoms with van der Waals surface area (Å²) in [4.78, 5) is 23.5. The Balaban J connectivity index is 2.09. The van der Waals surface area contributed by atoms with Crippen LogP contribution < -0.4 is 5.32 Å². The number of nitrogens with zero attached hydrogens (tertiary/aromatic N) is 1. The van der Waals surface area contributed by atoms with Crippen molar-refractivity contribution in [3.63, 3.8) is 0 Å². The summed E-state index contributed by atoms with van der Waals surface area (Å²) in [5.74, 6) is -2.48. The van der Waals surface area contributed by atoms with Crippen LogP contribution >= 0.6 is 15.9 Å². The number of nitrogens with one attached hydrogen (secondary N) is 1. The molecule has 0 aliphatic carbocycles. The average molecular weight is 487 g/mol. The van der Waals surface area contributed by atoms with Crippen LogP contribution in [0, 0.1) is 5.82 Å². The monoisotopic (exact) mass is 486 g/mol. The summed E-state index contributed by atoms with van der Waals surface area (Å²) >= 11 is 3.28. The number of rotatable bonds is 8. The molecule has 0 aromatic heterocycles. The third-order valence-corrected chi connectivity index (χ3v) is 6.55. The molecule has 10 heteroatoms. The summed E-state index contributed by atoms with van der Waals surface area (Å²) in [7, 11) is -4.10. The Hall–Kier alpha value is -2.30. The SMILES string of the molecule is CCN(CC)S(=O)(=O)c1cc(C(=O)OCC(=O)Nc2ccc(Br)cc2)ccc1F. The van der Waals surface area contributed by atoms with Crippen LogP contribution in [0.5, 0.6) is 0 Å². The van der Waals surface area contributed by atoms with Crippen molar-refractivity contribution in [3.8, 4) is 0 Å². The third-order valence-electron chi connectivity index (χ3n) is 3.95. The van der Waals surface area contributed by atoms with Crippen molar-refractivity contribution < 1.29 is 27.1 Å². The molecule has 0 radical (unpaired) electrons. The summed E-state index contributed by atoms with van der Waals surface area (Å²) in [6, 6.07) is 9.69. The van der Waals surface area contributed by atoms with Crippen LogP contribution in [0.3, 0.4) is 0 Å². The minimum Gasteiger partial charge on any atom is -0.452 e. The highest BCUT2D eigenvalue weighted by Gasteiger charge is 2.26.